The summed E-state index contributed by atoms with van der Waals surface area (Å²) in [7, 11) is 1.30. The summed E-state index contributed by atoms with van der Waals surface area (Å²) < 4.78 is 24.2. The molecular formula is C27H22FN3O3. The molecule has 170 valence electrons. The van der Waals surface area contributed by atoms with Gasteiger partial charge in [0.15, 0.2) is 11.4 Å². The van der Waals surface area contributed by atoms with Crippen LogP contribution in [0.5, 0.6) is 5.75 Å². The molecule has 34 heavy (non-hydrogen) atoms. The van der Waals surface area contributed by atoms with Crippen LogP contribution in [0.25, 0.3) is 10.9 Å². The van der Waals surface area contributed by atoms with Crippen molar-refractivity contribution < 1.29 is 18.7 Å². The number of halogens is 1. The van der Waals surface area contributed by atoms with Crippen LogP contribution in [0.2, 0.25) is 0 Å². The first kappa shape index (κ1) is 22.7. The molecule has 6 nitrogen and oxygen atoms in total. The van der Waals surface area contributed by atoms with Crippen LogP contribution in [0.1, 0.15) is 28.2 Å². The molecular weight excluding hydrogens is 433 g/mol. The second kappa shape index (κ2) is 10.9. The Hall–Kier alpha value is -4.44. The molecule has 0 aliphatic carbocycles. The minimum atomic E-state index is -0.592. The van der Waals surface area contributed by atoms with Gasteiger partial charge in [0.1, 0.15) is 18.1 Å². The van der Waals surface area contributed by atoms with Crippen molar-refractivity contribution in [2.75, 3.05) is 19.0 Å². The van der Waals surface area contributed by atoms with Crippen LogP contribution >= 0.6 is 0 Å². The maximum Gasteiger partial charge on any atom is 0.360 e. The van der Waals surface area contributed by atoms with Crippen LogP contribution in [0.15, 0.2) is 72.9 Å². The van der Waals surface area contributed by atoms with Gasteiger partial charge in [-0.1, -0.05) is 36.3 Å². The first-order valence-electron chi connectivity index (χ1n) is 10.7. The van der Waals surface area contributed by atoms with Gasteiger partial charge in [-0.15, -0.1) is 0 Å². The number of hydrogen-bond acceptors (Lipinski definition) is 6. The van der Waals surface area contributed by atoms with Crippen LogP contribution in [-0.2, 0) is 11.3 Å². The minimum Gasteiger partial charge on any atom is -0.486 e. The van der Waals surface area contributed by atoms with E-state index in [9.17, 15) is 9.18 Å². The third-order valence-corrected chi connectivity index (χ3v) is 4.96. The predicted molar refractivity (Wildman–Crippen MR) is 128 cm³/mol. The van der Waals surface area contributed by atoms with Crippen LogP contribution in [0.4, 0.5) is 10.1 Å². The van der Waals surface area contributed by atoms with E-state index in [0.717, 1.165) is 11.3 Å². The van der Waals surface area contributed by atoms with Crippen molar-refractivity contribution in [2.24, 2.45) is 0 Å². The lowest BCUT2D eigenvalue weighted by molar-refractivity contribution is 0.0588. The van der Waals surface area contributed by atoms with Gasteiger partial charge < -0.3 is 14.8 Å². The van der Waals surface area contributed by atoms with E-state index in [1.54, 1.807) is 30.5 Å². The predicted octanol–water partition coefficient (Wildman–Crippen LogP) is 4.99. The average molecular weight is 455 g/mol. The van der Waals surface area contributed by atoms with E-state index in [2.05, 4.69) is 27.1 Å². The second-order valence-corrected chi connectivity index (χ2v) is 7.31. The number of carbonyl (C=O) groups is 1. The zero-order valence-electron chi connectivity index (χ0n) is 18.5. The van der Waals surface area contributed by atoms with E-state index in [0.29, 0.717) is 41.9 Å². The van der Waals surface area contributed by atoms with Crippen LogP contribution in [0, 0.1) is 17.7 Å². The highest BCUT2D eigenvalue weighted by Gasteiger charge is 2.16. The number of pyridine rings is 2. The van der Waals surface area contributed by atoms with Crippen LogP contribution < -0.4 is 10.1 Å². The molecule has 0 unspecified atom stereocenters. The Morgan fingerprint density at radius 3 is 2.76 bits per heavy atom. The summed E-state index contributed by atoms with van der Waals surface area (Å²) >= 11 is 0. The van der Waals surface area contributed by atoms with Gasteiger partial charge in [-0.05, 0) is 47.9 Å². The first-order valence-corrected chi connectivity index (χ1v) is 10.7. The molecule has 0 spiro atoms. The SMILES string of the molecule is COC(=O)c1nc(C#CCCNc2ccnc3ccc(F)cc23)ccc1OCc1ccccc1. The fourth-order valence-corrected chi connectivity index (χ4v) is 3.30. The Labute approximate surface area is 196 Å². The number of ether oxygens (including phenoxy) is 2. The molecule has 0 aliphatic heterocycles. The molecule has 0 bridgehead atoms. The Balaban J connectivity index is 1.41. The lowest BCUT2D eigenvalue weighted by atomic mass is 10.2. The lowest BCUT2D eigenvalue weighted by Gasteiger charge is -2.10. The van der Waals surface area contributed by atoms with Crippen molar-refractivity contribution in [1.82, 2.24) is 9.97 Å². The molecule has 4 aromatic rings. The van der Waals surface area contributed by atoms with Crippen molar-refractivity contribution in [3.63, 3.8) is 0 Å². The number of anilines is 1. The normalized spacial score (nSPS) is 10.3. The maximum atomic E-state index is 13.6. The zero-order chi connectivity index (χ0) is 23.8. The third-order valence-electron chi connectivity index (χ3n) is 4.96. The van der Waals surface area contributed by atoms with E-state index in [4.69, 9.17) is 9.47 Å². The minimum absolute atomic E-state index is 0.0774. The van der Waals surface area contributed by atoms with Gasteiger partial charge >= 0.3 is 5.97 Å². The van der Waals surface area contributed by atoms with Gasteiger partial charge in [-0.3, -0.25) is 4.98 Å². The number of carbonyl (C=O) groups excluding carboxylic acids is 1. The van der Waals surface area contributed by atoms with Gasteiger partial charge in [0.05, 0.1) is 12.6 Å². The number of benzene rings is 2. The van der Waals surface area contributed by atoms with E-state index in [-0.39, 0.29) is 11.5 Å². The summed E-state index contributed by atoms with van der Waals surface area (Å²) in [6.45, 7) is 0.849. The summed E-state index contributed by atoms with van der Waals surface area (Å²) in [5.74, 6) is 5.42. The van der Waals surface area contributed by atoms with Crippen molar-refractivity contribution in [3.05, 3.63) is 95.7 Å². The first-order chi connectivity index (χ1) is 16.6. The number of nitrogens with one attached hydrogen (secondary N) is 1. The van der Waals surface area contributed by atoms with Crippen molar-refractivity contribution >= 4 is 22.6 Å². The number of rotatable bonds is 7. The second-order valence-electron chi connectivity index (χ2n) is 7.31. The summed E-state index contributed by atoms with van der Waals surface area (Å²) in [4.78, 5) is 20.8. The van der Waals surface area contributed by atoms with Gasteiger partial charge in [0.2, 0.25) is 0 Å². The summed E-state index contributed by atoms with van der Waals surface area (Å²) in [5.41, 5.74) is 2.99. The maximum absolute atomic E-state index is 13.6. The molecule has 0 atom stereocenters. The van der Waals surface area contributed by atoms with Crippen molar-refractivity contribution in [3.8, 4) is 17.6 Å². The molecule has 7 heteroatoms. The molecule has 0 saturated heterocycles. The summed E-state index contributed by atoms with van der Waals surface area (Å²) in [6.07, 6.45) is 2.19. The largest absolute Gasteiger partial charge is 0.486 e. The molecule has 0 fully saturated rings. The molecule has 4 rings (SSSR count). The quantitative estimate of drug-likeness (QED) is 0.241. The lowest BCUT2D eigenvalue weighted by Crippen LogP contribution is -2.09. The molecule has 0 aliphatic rings. The Kier molecular flexibility index (Phi) is 7.31. The molecule has 2 aromatic carbocycles. The van der Waals surface area contributed by atoms with Crippen LogP contribution in [0.3, 0.4) is 0 Å². The monoisotopic (exact) mass is 455 g/mol. The standard InChI is InChI=1S/C27H22FN3O3/c1-33-27(32)26-25(34-18-19-7-3-2-4-8-19)13-11-21(31-26)9-5-6-15-29-24-14-16-30-23-12-10-20(28)17-22(23)24/h2-4,7-8,10-14,16-17H,6,15,18H2,1H3,(H,29,30). The Morgan fingerprint density at radius 1 is 1.09 bits per heavy atom. The van der Waals surface area contributed by atoms with Gasteiger partial charge in [0, 0.05) is 30.2 Å². The molecule has 0 saturated carbocycles. The van der Waals surface area contributed by atoms with Gasteiger partial charge in [-0.2, -0.15) is 0 Å². The number of hydrogen-bond donors (Lipinski definition) is 1. The molecule has 2 aromatic heterocycles. The fraction of sp³-hybridized carbons (Fsp3) is 0.148. The fourth-order valence-electron chi connectivity index (χ4n) is 3.30. The molecule has 2 heterocycles. The summed E-state index contributed by atoms with van der Waals surface area (Å²) in [5, 5.41) is 3.97. The van der Waals surface area contributed by atoms with Gasteiger partial charge in [0.25, 0.3) is 0 Å². The Morgan fingerprint density at radius 2 is 1.94 bits per heavy atom. The van der Waals surface area contributed by atoms with Crippen LogP contribution in [-0.4, -0.2) is 29.6 Å². The Bertz CT molecular complexity index is 1360. The highest BCUT2D eigenvalue weighted by Crippen LogP contribution is 2.22. The molecule has 0 radical (unpaired) electrons. The average Bonchev–Trinajstić information content (AvgIpc) is 2.88. The van der Waals surface area contributed by atoms with E-state index in [1.165, 1.54) is 19.2 Å². The summed E-state index contributed by atoms with van der Waals surface area (Å²) in [6, 6.07) is 19.3. The zero-order valence-corrected chi connectivity index (χ0v) is 18.5. The van der Waals surface area contributed by atoms with Crippen molar-refractivity contribution in [1.29, 1.82) is 0 Å². The van der Waals surface area contributed by atoms with E-state index in [1.807, 2.05) is 30.3 Å². The molecule has 1 N–H and O–H groups in total. The van der Waals surface area contributed by atoms with Gasteiger partial charge in [-0.25, -0.2) is 14.2 Å². The highest BCUT2D eigenvalue weighted by atomic mass is 19.1. The highest BCUT2D eigenvalue weighted by molar-refractivity contribution is 5.91. The topological polar surface area (TPSA) is 73.3 Å². The smallest absolute Gasteiger partial charge is 0.360 e. The van der Waals surface area contributed by atoms with E-state index >= 15 is 0 Å². The number of methoxy groups -OCH3 is 1. The number of esters is 1. The number of aromatic nitrogens is 2. The molecule has 0 amide bonds. The van der Waals surface area contributed by atoms with E-state index < -0.39 is 5.97 Å². The number of fused-ring (bicyclic) bond motifs is 1. The third kappa shape index (κ3) is 5.67. The number of nitrogens with zero attached hydrogens (tertiary/aromatic N) is 2. The van der Waals surface area contributed by atoms with Crippen molar-refractivity contribution in [2.45, 2.75) is 13.0 Å².